The van der Waals surface area contributed by atoms with E-state index < -0.39 is 7.14 Å². The van der Waals surface area contributed by atoms with Crippen LogP contribution in [-0.2, 0) is 4.57 Å². The fraction of sp³-hybridized carbons (Fsp3) is 0.429. The fourth-order valence-electron chi connectivity index (χ4n) is 3.24. The van der Waals surface area contributed by atoms with Gasteiger partial charge in [-0.25, -0.2) is 0 Å². The van der Waals surface area contributed by atoms with Gasteiger partial charge in [-0.2, -0.15) is 0 Å². The molecule has 2 heteroatoms. The molecule has 0 bridgehead atoms. The molecule has 1 aromatic rings. The molecule has 0 saturated heterocycles. The van der Waals surface area contributed by atoms with E-state index in [0.717, 1.165) is 11.7 Å². The molecular weight excluding hydrogens is 215 g/mol. The third-order valence-electron chi connectivity index (χ3n) is 4.20. The highest BCUT2D eigenvalue weighted by atomic mass is 31.2. The summed E-state index contributed by atoms with van der Waals surface area (Å²) >= 11 is 0. The maximum absolute atomic E-state index is 13.1. The summed E-state index contributed by atoms with van der Waals surface area (Å²) in [6, 6.07) is 10.0. The lowest BCUT2D eigenvalue weighted by atomic mass is 9.99. The summed E-state index contributed by atoms with van der Waals surface area (Å²) in [5.74, 6) is 3.29. The Morgan fingerprint density at radius 2 is 1.94 bits per heavy atom. The molecule has 1 heterocycles. The molecule has 1 saturated carbocycles. The zero-order chi connectivity index (χ0) is 11.2. The molecule has 16 heavy (non-hydrogen) atoms. The Morgan fingerprint density at radius 1 is 1.19 bits per heavy atom. The van der Waals surface area contributed by atoms with E-state index >= 15 is 0 Å². The van der Waals surface area contributed by atoms with Crippen molar-refractivity contribution in [2.45, 2.75) is 25.4 Å². The van der Waals surface area contributed by atoms with E-state index in [-0.39, 0.29) is 0 Å². The Balaban J connectivity index is 2.03. The SMILES string of the molecule is CC1CCC2C1C=CP2(=O)c1ccccc1. The number of hydrogen-bond acceptors (Lipinski definition) is 1. The second-order valence-corrected chi connectivity index (χ2v) is 7.98. The van der Waals surface area contributed by atoms with Gasteiger partial charge in [0.15, 0.2) is 0 Å². The predicted molar refractivity (Wildman–Crippen MR) is 68.5 cm³/mol. The molecule has 1 aliphatic carbocycles. The molecule has 1 aromatic carbocycles. The first-order valence-electron chi connectivity index (χ1n) is 6.06. The Hall–Kier alpha value is -0.810. The number of fused-ring (bicyclic) bond motifs is 1. The first-order valence-corrected chi connectivity index (χ1v) is 7.91. The minimum absolute atomic E-state index is 0.393. The van der Waals surface area contributed by atoms with Gasteiger partial charge in [0.05, 0.1) is 0 Å². The first kappa shape index (κ1) is 10.4. The zero-order valence-electron chi connectivity index (χ0n) is 9.54. The quantitative estimate of drug-likeness (QED) is 0.676. The van der Waals surface area contributed by atoms with Crippen LogP contribution in [0.4, 0.5) is 0 Å². The maximum atomic E-state index is 13.1. The van der Waals surface area contributed by atoms with E-state index in [2.05, 4.69) is 13.0 Å². The monoisotopic (exact) mass is 232 g/mol. The Morgan fingerprint density at radius 3 is 2.69 bits per heavy atom. The molecule has 0 aromatic heterocycles. The average molecular weight is 232 g/mol. The van der Waals surface area contributed by atoms with E-state index in [1.54, 1.807) is 0 Å². The van der Waals surface area contributed by atoms with Gasteiger partial charge in [0.2, 0.25) is 0 Å². The second-order valence-electron chi connectivity index (χ2n) is 5.09. The molecule has 1 aliphatic heterocycles. The van der Waals surface area contributed by atoms with Crippen molar-refractivity contribution in [3.63, 3.8) is 0 Å². The molecule has 4 atom stereocenters. The van der Waals surface area contributed by atoms with Gasteiger partial charge in [-0.15, -0.1) is 0 Å². The Bertz CT molecular complexity index is 463. The van der Waals surface area contributed by atoms with Gasteiger partial charge in [-0.1, -0.05) is 43.3 Å². The van der Waals surface area contributed by atoms with Gasteiger partial charge < -0.3 is 4.57 Å². The van der Waals surface area contributed by atoms with Crippen molar-refractivity contribution >= 4 is 12.4 Å². The van der Waals surface area contributed by atoms with E-state index in [0.29, 0.717) is 17.5 Å². The topological polar surface area (TPSA) is 17.1 Å². The van der Waals surface area contributed by atoms with Crippen LogP contribution in [-0.4, -0.2) is 5.66 Å². The lowest BCUT2D eigenvalue weighted by Gasteiger charge is -2.20. The highest BCUT2D eigenvalue weighted by molar-refractivity contribution is 7.75. The zero-order valence-corrected chi connectivity index (χ0v) is 10.4. The third-order valence-corrected chi connectivity index (χ3v) is 7.51. The van der Waals surface area contributed by atoms with Crippen molar-refractivity contribution in [1.82, 2.24) is 0 Å². The lowest BCUT2D eigenvalue weighted by Crippen LogP contribution is -2.16. The molecule has 2 aliphatic rings. The Labute approximate surface area is 96.9 Å². The molecule has 3 rings (SSSR count). The lowest BCUT2D eigenvalue weighted by molar-refractivity contribution is 0.504. The molecule has 0 spiro atoms. The maximum Gasteiger partial charge on any atom is 0.139 e. The molecule has 0 amide bonds. The third kappa shape index (κ3) is 1.34. The number of rotatable bonds is 1. The highest BCUT2D eigenvalue weighted by Gasteiger charge is 2.46. The van der Waals surface area contributed by atoms with Crippen LogP contribution < -0.4 is 5.30 Å². The molecule has 0 radical (unpaired) electrons. The molecule has 0 N–H and O–H groups in total. The van der Waals surface area contributed by atoms with E-state index in [1.165, 1.54) is 6.42 Å². The number of benzene rings is 1. The summed E-state index contributed by atoms with van der Waals surface area (Å²) in [6.07, 6.45) is 4.58. The van der Waals surface area contributed by atoms with E-state index in [1.807, 2.05) is 36.1 Å². The average Bonchev–Trinajstić information content (AvgIpc) is 2.84. The van der Waals surface area contributed by atoms with Crippen LogP contribution in [0.25, 0.3) is 0 Å². The van der Waals surface area contributed by atoms with Gasteiger partial charge in [0.1, 0.15) is 7.14 Å². The summed E-state index contributed by atoms with van der Waals surface area (Å²) in [5.41, 5.74) is 0.393. The minimum atomic E-state index is -2.24. The van der Waals surface area contributed by atoms with Crippen molar-refractivity contribution in [3.8, 4) is 0 Å². The van der Waals surface area contributed by atoms with Gasteiger partial charge in [0.25, 0.3) is 0 Å². The summed E-state index contributed by atoms with van der Waals surface area (Å²) < 4.78 is 13.1. The van der Waals surface area contributed by atoms with Gasteiger partial charge in [-0.05, 0) is 30.5 Å². The van der Waals surface area contributed by atoms with Crippen molar-refractivity contribution < 1.29 is 4.57 Å². The van der Waals surface area contributed by atoms with Crippen LogP contribution in [0.3, 0.4) is 0 Å². The molecule has 1 fully saturated rings. The van der Waals surface area contributed by atoms with Gasteiger partial charge >= 0.3 is 0 Å². The van der Waals surface area contributed by atoms with Crippen molar-refractivity contribution in [1.29, 1.82) is 0 Å². The number of allylic oxidation sites excluding steroid dienone is 1. The molecular formula is C14H17OP. The van der Waals surface area contributed by atoms with Gasteiger partial charge in [0, 0.05) is 11.0 Å². The van der Waals surface area contributed by atoms with Crippen molar-refractivity contribution in [3.05, 3.63) is 42.2 Å². The fourth-order valence-corrected chi connectivity index (χ4v) is 6.55. The van der Waals surface area contributed by atoms with Gasteiger partial charge in [-0.3, -0.25) is 0 Å². The Kier molecular flexibility index (Phi) is 2.33. The van der Waals surface area contributed by atoms with Crippen LogP contribution in [0.5, 0.6) is 0 Å². The standard InChI is InChI=1S/C14H17OP/c1-11-7-8-14-13(11)9-10-16(14,15)12-5-3-2-4-6-12/h2-6,9-11,13-14H,7-8H2,1H3. The molecule has 4 unspecified atom stereocenters. The van der Waals surface area contributed by atoms with Crippen LogP contribution in [0, 0.1) is 11.8 Å². The minimum Gasteiger partial charge on any atom is -0.314 e. The first-order chi connectivity index (χ1) is 7.72. The summed E-state index contributed by atoms with van der Waals surface area (Å²) in [4.78, 5) is 0. The largest absolute Gasteiger partial charge is 0.314 e. The molecule has 84 valence electrons. The van der Waals surface area contributed by atoms with Crippen LogP contribution in [0.15, 0.2) is 42.2 Å². The number of hydrogen-bond donors (Lipinski definition) is 0. The van der Waals surface area contributed by atoms with E-state index in [4.69, 9.17) is 0 Å². The van der Waals surface area contributed by atoms with Crippen molar-refractivity contribution in [2.75, 3.05) is 0 Å². The summed E-state index contributed by atoms with van der Waals surface area (Å²) in [6.45, 7) is 2.29. The van der Waals surface area contributed by atoms with Crippen LogP contribution in [0.2, 0.25) is 0 Å². The van der Waals surface area contributed by atoms with Crippen molar-refractivity contribution in [2.24, 2.45) is 11.8 Å². The predicted octanol–water partition coefficient (Wildman–Crippen LogP) is 3.62. The van der Waals surface area contributed by atoms with E-state index in [9.17, 15) is 4.57 Å². The smallest absolute Gasteiger partial charge is 0.139 e. The summed E-state index contributed by atoms with van der Waals surface area (Å²) in [5, 5.41) is 1.05. The van der Waals surface area contributed by atoms with Crippen LogP contribution in [0.1, 0.15) is 19.8 Å². The van der Waals surface area contributed by atoms with Crippen LogP contribution >= 0.6 is 7.14 Å². The molecule has 1 nitrogen and oxygen atoms in total. The normalized spacial score (nSPS) is 41.2. The highest BCUT2D eigenvalue weighted by Crippen LogP contribution is 2.64. The summed E-state index contributed by atoms with van der Waals surface area (Å²) in [7, 11) is -2.24. The second kappa shape index (κ2) is 3.60.